The Labute approximate surface area is 394 Å². The fourth-order valence-electron chi connectivity index (χ4n) is 7.96. The first-order chi connectivity index (χ1) is 29.7. The van der Waals surface area contributed by atoms with Crippen molar-refractivity contribution in [2.24, 2.45) is 15.0 Å². The van der Waals surface area contributed by atoms with Crippen LogP contribution in [0, 0.1) is 138 Å². The molecule has 0 N–H and O–H groups in total. The maximum atomic E-state index is 4.92. The molecule has 0 aliphatic carbocycles. The summed E-state index contributed by atoms with van der Waals surface area (Å²) >= 11 is 0. The van der Waals surface area contributed by atoms with Crippen molar-refractivity contribution in [1.29, 1.82) is 0 Å². The summed E-state index contributed by atoms with van der Waals surface area (Å²) in [5.41, 5.74) is 33.2. The zero-order chi connectivity index (χ0) is 49.0. The van der Waals surface area contributed by atoms with Crippen LogP contribution in [-0.4, -0.2) is 63.2 Å². The number of hydrogen-bond donors (Lipinski definition) is 0. The van der Waals surface area contributed by atoms with Gasteiger partial charge in [0.2, 0.25) is 0 Å². The predicted molar refractivity (Wildman–Crippen MR) is 286 cm³/mol. The zero-order valence-corrected chi connectivity index (χ0v) is 44.6. The van der Waals surface area contributed by atoms with Crippen molar-refractivity contribution in [2.75, 3.05) is 21.1 Å². The van der Waals surface area contributed by atoms with Gasteiger partial charge in [-0.15, -0.1) is 0 Å². The van der Waals surface area contributed by atoms with Crippen LogP contribution in [0.3, 0.4) is 0 Å². The molecule has 0 aliphatic rings. The highest BCUT2D eigenvalue weighted by molar-refractivity contribution is 6.40. The first-order valence-electron chi connectivity index (χ1n) is 22.5. The molecule has 0 radical (unpaired) electrons. The normalized spacial score (nSPS) is 11.7. The van der Waals surface area contributed by atoms with Gasteiger partial charge in [0.05, 0.1) is 45.3 Å². The number of benzene rings is 1. The molecule has 0 unspecified atom stereocenters. The molecule has 8 nitrogen and oxygen atoms in total. The third kappa shape index (κ3) is 11.3. The van der Waals surface area contributed by atoms with Gasteiger partial charge in [0.1, 0.15) is 0 Å². The second-order valence-electron chi connectivity index (χ2n) is 17.8. The molecule has 0 fully saturated rings. The van der Waals surface area contributed by atoms with Gasteiger partial charge in [-0.3, -0.25) is 39.9 Å². The van der Waals surface area contributed by atoms with Crippen molar-refractivity contribution in [3.05, 3.63) is 118 Å². The zero-order valence-electron chi connectivity index (χ0n) is 44.6. The van der Waals surface area contributed by atoms with Crippen LogP contribution in [-0.2, 0) is 0 Å². The topological polar surface area (TPSA) is 102 Å². The summed E-state index contributed by atoms with van der Waals surface area (Å²) in [5.74, 6) is 0. The maximum Gasteiger partial charge on any atom is 0.0973 e. The monoisotopic (exact) mass is 879 g/mol. The molecule has 0 bridgehead atoms. The number of nitrogens with zero attached hydrogens (tertiary/aromatic N) is 8. The number of fused-ring (bicyclic) bond motifs is 3. The second kappa shape index (κ2) is 22.6. The van der Waals surface area contributed by atoms with Crippen LogP contribution in [0.25, 0.3) is 33.2 Å². The molecule has 1 aromatic carbocycles. The Morgan fingerprint density at radius 2 is 0.554 bits per heavy atom. The Kier molecular flexibility index (Phi) is 19.3. The molecule has 0 saturated carbocycles. The molecule has 0 aliphatic heterocycles. The van der Waals surface area contributed by atoms with Crippen LogP contribution >= 0.6 is 0 Å². The number of aryl methyl sites for hydroxylation is 9. The number of rotatable bonds is 3. The molecule has 0 atom stereocenters. The van der Waals surface area contributed by atoms with E-state index < -0.39 is 0 Å². The lowest BCUT2D eigenvalue weighted by atomic mass is 9.90. The van der Waals surface area contributed by atoms with E-state index in [0.29, 0.717) is 0 Å². The Bertz CT molecular complexity index is 2710. The Morgan fingerprint density at radius 1 is 0.292 bits per heavy atom. The molecule has 6 aromatic rings. The van der Waals surface area contributed by atoms with Gasteiger partial charge in [0, 0.05) is 60.4 Å². The van der Waals surface area contributed by atoms with Gasteiger partial charge < -0.3 is 0 Å². The first kappa shape index (κ1) is 55.6. The molecular weight excluding hydrogens is 797 g/mol. The Morgan fingerprint density at radius 3 is 0.862 bits per heavy atom. The van der Waals surface area contributed by atoms with Gasteiger partial charge in [-0.25, -0.2) is 0 Å². The van der Waals surface area contributed by atoms with Gasteiger partial charge in [-0.2, -0.15) is 0 Å². The number of hydrogen-bond acceptors (Lipinski definition) is 8. The lowest BCUT2D eigenvalue weighted by Gasteiger charge is -2.18. The smallest absolute Gasteiger partial charge is 0.0973 e. The second-order valence-corrected chi connectivity index (χ2v) is 17.8. The van der Waals surface area contributed by atoms with Gasteiger partial charge in [-0.1, -0.05) is 7.43 Å². The average molecular weight is 879 g/mol. The fourth-order valence-corrected chi connectivity index (χ4v) is 7.96. The van der Waals surface area contributed by atoms with Crippen molar-refractivity contribution < 1.29 is 0 Å². The van der Waals surface area contributed by atoms with E-state index in [9.17, 15) is 0 Å². The molecule has 6 rings (SSSR count). The molecule has 0 spiro atoms. The van der Waals surface area contributed by atoms with Crippen molar-refractivity contribution in [3.63, 3.8) is 0 Å². The molecule has 8 heteroatoms. The molecule has 350 valence electrons. The summed E-state index contributed by atoms with van der Waals surface area (Å²) in [6, 6.07) is 0. The first-order valence-corrected chi connectivity index (χ1v) is 22.5. The molecule has 5 aromatic heterocycles. The minimum absolute atomic E-state index is 0. The van der Waals surface area contributed by atoms with Crippen LogP contribution in [0.15, 0.2) is 15.0 Å². The van der Waals surface area contributed by atoms with E-state index in [4.69, 9.17) is 19.9 Å². The predicted octanol–water partition coefficient (Wildman–Crippen LogP) is 14.4. The summed E-state index contributed by atoms with van der Waals surface area (Å²) < 4.78 is 0. The van der Waals surface area contributed by atoms with Crippen molar-refractivity contribution in [2.45, 2.75) is 167 Å². The van der Waals surface area contributed by atoms with E-state index in [1.54, 1.807) is 21.1 Å². The van der Waals surface area contributed by atoms with E-state index in [1.165, 1.54) is 94.2 Å². The summed E-state index contributed by atoms with van der Waals surface area (Å²) in [6.07, 6.45) is 0. The molecule has 0 amide bonds. The van der Waals surface area contributed by atoms with E-state index in [1.807, 2.05) is 27.7 Å². The minimum atomic E-state index is 0. The third-order valence-corrected chi connectivity index (χ3v) is 14.5. The minimum Gasteiger partial charge on any atom is -0.292 e. The summed E-state index contributed by atoms with van der Waals surface area (Å²) in [7, 11) is 5.34. The number of aromatic nitrogens is 5. The lowest BCUT2D eigenvalue weighted by molar-refractivity contribution is 1.04. The van der Waals surface area contributed by atoms with Crippen LogP contribution in [0.4, 0.5) is 0 Å². The quantitative estimate of drug-likeness (QED) is 0.130. The van der Waals surface area contributed by atoms with Crippen LogP contribution in [0.2, 0.25) is 0 Å². The van der Waals surface area contributed by atoms with E-state index >= 15 is 0 Å². The Balaban J connectivity index is 0.000000313. The van der Waals surface area contributed by atoms with Gasteiger partial charge in [-0.05, 0) is 243 Å². The summed E-state index contributed by atoms with van der Waals surface area (Å²) in [5, 5.41) is 2.56. The van der Waals surface area contributed by atoms with Gasteiger partial charge >= 0.3 is 0 Å². The maximum absolute atomic E-state index is 4.92. The van der Waals surface area contributed by atoms with Gasteiger partial charge in [0.25, 0.3) is 0 Å². The van der Waals surface area contributed by atoms with Crippen molar-refractivity contribution >= 4 is 38.9 Å². The van der Waals surface area contributed by atoms with E-state index in [2.05, 4.69) is 152 Å². The van der Waals surface area contributed by atoms with Crippen LogP contribution in [0.1, 0.15) is 146 Å². The molecular formula is C57H82N8. The standard InChI is InChI=1S/C20H24N2.C18H24N2.C12H18N2.C6H12N2.CH4/c1-9-11(3)17-13(5)14(6)18-12(4)10(2)16(8)22-20(18)19(17)21-15(9)7;1-9-11(3)15(7)19-17(13(9)5)18-14(6)10(2)12(4)16(8)20-18;1-7-8(2)10(4)14-12(9(7)3)11(5)13-6;1-5(7-3)6(2)8-4;/h1-8H3;1-8H3;1-6H3;1-4H3;1H4. The third-order valence-electron chi connectivity index (χ3n) is 14.5. The molecule has 65 heavy (non-hydrogen) atoms. The van der Waals surface area contributed by atoms with E-state index in [0.717, 1.165) is 73.7 Å². The highest BCUT2D eigenvalue weighted by Gasteiger charge is 2.19. The van der Waals surface area contributed by atoms with Crippen molar-refractivity contribution in [3.8, 4) is 11.4 Å². The Hall–Kier alpha value is -5.50. The highest BCUT2D eigenvalue weighted by atomic mass is 14.8. The molecule has 5 heterocycles. The number of pyridine rings is 5. The van der Waals surface area contributed by atoms with Crippen molar-refractivity contribution in [1.82, 2.24) is 24.9 Å². The summed E-state index contributed by atoms with van der Waals surface area (Å²) in [4.78, 5) is 36.1. The van der Waals surface area contributed by atoms with Gasteiger partial charge in [0.15, 0.2) is 0 Å². The van der Waals surface area contributed by atoms with Crippen LogP contribution in [0.5, 0.6) is 0 Å². The largest absolute Gasteiger partial charge is 0.292 e. The van der Waals surface area contributed by atoms with E-state index in [-0.39, 0.29) is 7.43 Å². The average Bonchev–Trinajstić information content (AvgIpc) is 3.27. The molecule has 0 saturated heterocycles. The summed E-state index contributed by atoms with van der Waals surface area (Å²) in [6.45, 7) is 48.8. The fraction of sp³-hybridized carbons (Fsp3) is 0.474. The lowest BCUT2D eigenvalue weighted by Crippen LogP contribution is -2.07. The van der Waals surface area contributed by atoms with Crippen LogP contribution < -0.4 is 0 Å². The SMILES string of the molecule is C.CN=C(C)C(C)=NC.CN=C(C)c1nc(C)c(C)c(C)c1C.Cc1nc(-c2nc(C)c(C)c(C)c2C)c(C)c(C)c1C.Cc1nc2c(c(C)c1C)c(C)c(C)c1c(C)c(C)c(C)nc12. The highest BCUT2D eigenvalue weighted by Crippen LogP contribution is 2.37. The number of aliphatic imine (C=N–C) groups is 3.